The molecule has 2 rings (SSSR count). The van der Waals surface area contributed by atoms with Gasteiger partial charge in [0.2, 0.25) is 0 Å². The lowest BCUT2D eigenvalue weighted by atomic mass is 10.00. The van der Waals surface area contributed by atoms with Crippen LogP contribution in [0.1, 0.15) is 6.42 Å². The molecule has 2 aliphatic rings. The van der Waals surface area contributed by atoms with Gasteiger partial charge in [0.15, 0.2) is 5.78 Å². The quantitative estimate of drug-likeness (QED) is 0.294. The Kier molecular flexibility index (Phi) is 3.15. The number of carbonyl (C=O) groups excluding carboxylic acids is 2. The van der Waals surface area contributed by atoms with Gasteiger partial charge >= 0.3 is 0 Å². The highest BCUT2D eigenvalue weighted by molar-refractivity contribution is 6.20. The second-order valence-electron chi connectivity index (χ2n) is 3.59. The van der Waals surface area contributed by atoms with Crippen LogP contribution in [0.15, 0.2) is 40.8 Å². The molecule has 0 aromatic rings. The molecule has 1 amide bonds. The lowest BCUT2D eigenvalue weighted by Crippen LogP contribution is -2.35. The van der Waals surface area contributed by atoms with E-state index in [1.54, 1.807) is 24.7 Å². The van der Waals surface area contributed by atoms with Crippen LogP contribution >= 0.6 is 0 Å². The van der Waals surface area contributed by atoms with Gasteiger partial charge in [0.1, 0.15) is 0 Å². The van der Waals surface area contributed by atoms with E-state index in [1.165, 1.54) is 6.08 Å². The van der Waals surface area contributed by atoms with E-state index in [0.29, 0.717) is 6.54 Å². The van der Waals surface area contributed by atoms with Crippen molar-refractivity contribution in [2.45, 2.75) is 6.42 Å². The minimum absolute atomic E-state index is 0.0888. The second-order valence-corrected chi connectivity index (χ2v) is 3.59. The third-order valence-electron chi connectivity index (χ3n) is 2.55. The highest BCUT2D eigenvalue weighted by Crippen LogP contribution is 2.19. The maximum Gasteiger partial charge on any atom is 0.268 e. The van der Waals surface area contributed by atoms with Gasteiger partial charge in [0, 0.05) is 24.3 Å². The Bertz CT molecular complexity index is 474. The summed E-state index contributed by atoms with van der Waals surface area (Å²) >= 11 is 0. The summed E-state index contributed by atoms with van der Waals surface area (Å²) in [5.41, 5.74) is 2.88. The number of Topliss-reactive ketones (excluding diaryl/α,β-unsaturated/α-hetero) is 1. The van der Waals surface area contributed by atoms with E-state index < -0.39 is 5.91 Å². The molecule has 0 fully saturated rings. The number of rotatable bonds is 2. The Balaban J connectivity index is 2.18. The monoisotopic (exact) mass is 232 g/mol. The zero-order valence-corrected chi connectivity index (χ0v) is 9.09. The molecular formula is C11H12N4O2. The zero-order valence-electron chi connectivity index (χ0n) is 9.09. The Labute approximate surface area is 98.1 Å². The first-order valence-electron chi connectivity index (χ1n) is 5.12. The average molecular weight is 232 g/mol. The van der Waals surface area contributed by atoms with E-state index in [-0.39, 0.29) is 17.8 Å². The van der Waals surface area contributed by atoms with Crippen LogP contribution in [0.3, 0.4) is 0 Å². The number of amides is 1. The summed E-state index contributed by atoms with van der Waals surface area (Å²) in [5, 5.41) is 0. The summed E-state index contributed by atoms with van der Waals surface area (Å²) < 4.78 is 0. The number of hydrogen-bond donors (Lipinski definition) is 2. The number of nitrogens with zero attached hydrogens (tertiary/aromatic N) is 2. The van der Waals surface area contributed by atoms with Crippen LogP contribution in [0.5, 0.6) is 0 Å². The van der Waals surface area contributed by atoms with Crippen molar-refractivity contribution in [2.24, 2.45) is 10.8 Å². The molecular weight excluding hydrogens is 220 g/mol. The van der Waals surface area contributed by atoms with Gasteiger partial charge in [-0.3, -0.25) is 20.0 Å². The van der Waals surface area contributed by atoms with E-state index in [9.17, 15) is 9.59 Å². The Morgan fingerprint density at radius 1 is 1.47 bits per heavy atom. The van der Waals surface area contributed by atoms with Gasteiger partial charge in [-0.2, -0.15) is 0 Å². The van der Waals surface area contributed by atoms with E-state index in [4.69, 9.17) is 5.84 Å². The van der Waals surface area contributed by atoms with Crippen LogP contribution in [0.2, 0.25) is 0 Å². The van der Waals surface area contributed by atoms with Gasteiger partial charge in [0.05, 0.1) is 18.5 Å². The number of allylic oxidation sites excluding steroid dienone is 3. The Morgan fingerprint density at radius 3 is 2.88 bits per heavy atom. The molecule has 1 aliphatic heterocycles. The van der Waals surface area contributed by atoms with Crippen LogP contribution in [0.25, 0.3) is 0 Å². The van der Waals surface area contributed by atoms with Crippen molar-refractivity contribution in [2.75, 3.05) is 6.54 Å². The maximum atomic E-state index is 11.7. The lowest BCUT2D eigenvalue weighted by molar-refractivity contribution is -0.122. The molecule has 17 heavy (non-hydrogen) atoms. The summed E-state index contributed by atoms with van der Waals surface area (Å²) in [5.74, 6) is 4.20. The van der Waals surface area contributed by atoms with Crippen LogP contribution in [0.4, 0.5) is 0 Å². The first-order chi connectivity index (χ1) is 8.22. The minimum atomic E-state index is -0.555. The molecule has 88 valence electrons. The fraction of sp³-hybridized carbons (Fsp3) is 0.182. The molecule has 0 radical (unpaired) electrons. The van der Waals surface area contributed by atoms with Crippen LogP contribution in [0, 0.1) is 0 Å². The molecule has 0 aromatic heterocycles. The topological polar surface area (TPSA) is 87.8 Å². The van der Waals surface area contributed by atoms with Crippen LogP contribution in [-0.2, 0) is 9.59 Å². The van der Waals surface area contributed by atoms with E-state index >= 15 is 0 Å². The van der Waals surface area contributed by atoms with Gasteiger partial charge in [-0.1, -0.05) is 0 Å². The Hall–Kier alpha value is -2.21. The number of nitrogens with one attached hydrogen (secondary N) is 1. The fourth-order valence-electron chi connectivity index (χ4n) is 1.66. The maximum absolute atomic E-state index is 11.7. The predicted molar refractivity (Wildman–Crippen MR) is 62.5 cm³/mol. The van der Waals surface area contributed by atoms with Crippen molar-refractivity contribution < 1.29 is 9.59 Å². The SMILES string of the molecule is NNC(=O)C1=CC=C(N2C=CN=CC2)CC1=O. The molecule has 0 saturated heterocycles. The van der Waals surface area contributed by atoms with Crippen molar-refractivity contribution >= 4 is 17.9 Å². The summed E-state index contributed by atoms with van der Waals surface area (Å²) in [7, 11) is 0. The molecule has 0 aromatic carbocycles. The molecule has 0 unspecified atom stereocenters. The van der Waals surface area contributed by atoms with Gasteiger partial charge < -0.3 is 4.90 Å². The smallest absolute Gasteiger partial charge is 0.268 e. The van der Waals surface area contributed by atoms with Gasteiger partial charge in [0.25, 0.3) is 5.91 Å². The summed E-state index contributed by atoms with van der Waals surface area (Å²) in [6.45, 7) is 0.627. The first-order valence-corrected chi connectivity index (χ1v) is 5.12. The van der Waals surface area contributed by atoms with Crippen LogP contribution < -0.4 is 11.3 Å². The number of aliphatic imine (C=N–C) groups is 1. The van der Waals surface area contributed by atoms with Gasteiger partial charge in [-0.05, 0) is 12.2 Å². The molecule has 0 spiro atoms. The summed E-state index contributed by atoms with van der Waals surface area (Å²) in [4.78, 5) is 28.8. The molecule has 0 bridgehead atoms. The number of carbonyl (C=O) groups is 2. The largest absolute Gasteiger partial charge is 0.344 e. The normalized spacial score (nSPS) is 18.9. The number of ketones is 1. The molecule has 1 heterocycles. The third kappa shape index (κ3) is 2.31. The molecule has 0 atom stereocenters. The lowest BCUT2D eigenvalue weighted by Gasteiger charge is -2.24. The number of hydrazine groups is 1. The summed E-state index contributed by atoms with van der Waals surface area (Å²) in [6.07, 6.45) is 8.62. The first kappa shape index (κ1) is 11.3. The number of nitrogens with two attached hydrogens (primary N) is 1. The second kappa shape index (κ2) is 4.75. The van der Waals surface area contributed by atoms with Crippen molar-refractivity contribution in [1.29, 1.82) is 0 Å². The van der Waals surface area contributed by atoms with E-state index in [0.717, 1.165) is 5.70 Å². The van der Waals surface area contributed by atoms with Crippen molar-refractivity contribution in [3.63, 3.8) is 0 Å². The minimum Gasteiger partial charge on any atom is -0.344 e. The van der Waals surface area contributed by atoms with Gasteiger partial charge in [-0.25, -0.2) is 5.84 Å². The average Bonchev–Trinajstić information content (AvgIpc) is 2.39. The molecule has 1 aliphatic carbocycles. The molecule has 0 saturated carbocycles. The molecule has 6 heteroatoms. The number of hydrogen-bond acceptors (Lipinski definition) is 5. The van der Waals surface area contributed by atoms with Gasteiger partial charge in [-0.15, -0.1) is 0 Å². The zero-order chi connectivity index (χ0) is 12.3. The van der Waals surface area contributed by atoms with E-state index in [1.807, 2.05) is 10.3 Å². The standard InChI is InChI=1S/C11H12N4O2/c12-14-11(17)9-2-1-8(7-10(9)16)15-5-3-13-4-6-15/h1-5H,6-7,12H2,(H,14,17). The van der Waals surface area contributed by atoms with Crippen LogP contribution in [-0.4, -0.2) is 29.3 Å². The molecule has 6 nitrogen and oxygen atoms in total. The molecule has 3 N–H and O–H groups in total. The summed E-state index contributed by atoms with van der Waals surface area (Å²) in [6, 6.07) is 0. The highest BCUT2D eigenvalue weighted by atomic mass is 16.2. The highest BCUT2D eigenvalue weighted by Gasteiger charge is 2.23. The van der Waals surface area contributed by atoms with Crippen molar-refractivity contribution in [3.05, 3.63) is 35.8 Å². The Morgan fingerprint density at radius 2 is 2.29 bits per heavy atom. The predicted octanol–water partition coefficient (Wildman–Crippen LogP) is -0.383. The van der Waals surface area contributed by atoms with Crippen molar-refractivity contribution in [1.82, 2.24) is 10.3 Å². The van der Waals surface area contributed by atoms with E-state index in [2.05, 4.69) is 4.99 Å². The van der Waals surface area contributed by atoms with Crippen molar-refractivity contribution in [3.8, 4) is 0 Å². The third-order valence-corrected chi connectivity index (χ3v) is 2.55. The fourth-order valence-corrected chi connectivity index (χ4v) is 1.66.